The van der Waals surface area contributed by atoms with Crippen molar-refractivity contribution in [2.75, 3.05) is 33.4 Å². The third-order valence-corrected chi connectivity index (χ3v) is 4.18. The molecule has 6 nitrogen and oxygen atoms in total. The van der Waals surface area contributed by atoms with Crippen molar-refractivity contribution in [3.8, 4) is 5.75 Å². The van der Waals surface area contributed by atoms with E-state index in [1.54, 1.807) is 24.1 Å². The fourth-order valence-electron chi connectivity index (χ4n) is 2.94. The second-order valence-corrected chi connectivity index (χ2v) is 5.60. The van der Waals surface area contributed by atoms with Gasteiger partial charge in [-0.15, -0.1) is 0 Å². The predicted octanol–water partition coefficient (Wildman–Crippen LogP) is 1.18. The third-order valence-electron chi connectivity index (χ3n) is 4.18. The second-order valence-electron chi connectivity index (χ2n) is 5.60. The van der Waals surface area contributed by atoms with Crippen LogP contribution in [0, 0.1) is 6.92 Å². The van der Waals surface area contributed by atoms with Gasteiger partial charge >= 0.3 is 0 Å². The average molecular weight is 316 g/mol. The molecule has 2 heterocycles. The van der Waals surface area contributed by atoms with Crippen molar-refractivity contribution in [3.05, 3.63) is 40.2 Å². The highest BCUT2D eigenvalue weighted by molar-refractivity contribution is 5.89. The fourth-order valence-corrected chi connectivity index (χ4v) is 2.94. The van der Waals surface area contributed by atoms with Crippen LogP contribution in [0.3, 0.4) is 0 Å². The molecule has 1 aromatic carbocycles. The minimum atomic E-state index is -0.193. The van der Waals surface area contributed by atoms with Gasteiger partial charge in [0.05, 0.1) is 25.8 Å². The van der Waals surface area contributed by atoms with Crippen molar-refractivity contribution in [1.29, 1.82) is 0 Å². The Bertz CT molecular complexity index is 791. The Labute approximate surface area is 134 Å². The number of methoxy groups -OCH3 is 1. The molecule has 1 aliphatic heterocycles. The largest absolute Gasteiger partial charge is 0.495 e. The lowest BCUT2D eigenvalue weighted by Gasteiger charge is -2.27. The molecule has 6 heteroatoms. The quantitative estimate of drug-likeness (QED) is 0.853. The molecule has 3 rings (SSSR count). The number of nitrogens with zero attached hydrogens (tertiary/aromatic N) is 2. The number of carbonyl (C=O) groups excluding carboxylic acids is 1. The van der Waals surface area contributed by atoms with E-state index in [1.807, 2.05) is 19.1 Å². The van der Waals surface area contributed by atoms with Gasteiger partial charge in [0.1, 0.15) is 12.3 Å². The lowest BCUT2D eigenvalue weighted by Crippen LogP contribution is -2.43. The van der Waals surface area contributed by atoms with Gasteiger partial charge in [-0.05, 0) is 18.6 Å². The summed E-state index contributed by atoms with van der Waals surface area (Å²) in [4.78, 5) is 26.7. The van der Waals surface area contributed by atoms with Crippen LogP contribution in [0.5, 0.6) is 5.75 Å². The monoisotopic (exact) mass is 316 g/mol. The molecule has 1 saturated heterocycles. The summed E-state index contributed by atoms with van der Waals surface area (Å²) in [6.07, 6.45) is 0. The molecule has 1 fully saturated rings. The van der Waals surface area contributed by atoms with Crippen LogP contribution in [0.1, 0.15) is 5.56 Å². The summed E-state index contributed by atoms with van der Waals surface area (Å²) in [5.74, 6) is 0.518. The van der Waals surface area contributed by atoms with E-state index < -0.39 is 0 Å². The molecule has 1 aliphatic rings. The van der Waals surface area contributed by atoms with Gasteiger partial charge in [-0.25, -0.2) is 0 Å². The van der Waals surface area contributed by atoms with Crippen molar-refractivity contribution >= 4 is 16.8 Å². The molecule has 0 saturated carbocycles. The van der Waals surface area contributed by atoms with Crippen LogP contribution in [0.25, 0.3) is 10.9 Å². The van der Waals surface area contributed by atoms with Gasteiger partial charge in [-0.2, -0.15) is 0 Å². The highest BCUT2D eigenvalue weighted by Crippen LogP contribution is 2.26. The Balaban J connectivity index is 2.06. The zero-order valence-corrected chi connectivity index (χ0v) is 13.4. The van der Waals surface area contributed by atoms with Crippen molar-refractivity contribution in [2.45, 2.75) is 13.5 Å². The number of morpholine rings is 1. The molecular weight excluding hydrogens is 296 g/mol. The molecule has 2 aromatic rings. The summed E-state index contributed by atoms with van der Waals surface area (Å²) in [6, 6.07) is 7.18. The maximum atomic E-state index is 12.5. The Kier molecular flexibility index (Phi) is 4.34. The van der Waals surface area contributed by atoms with Gasteiger partial charge in [-0.1, -0.05) is 12.1 Å². The first-order chi connectivity index (χ1) is 11.1. The number of rotatable bonds is 3. The van der Waals surface area contributed by atoms with Gasteiger partial charge < -0.3 is 14.4 Å². The van der Waals surface area contributed by atoms with Gasteiger partial charge in [0, 0.05) is 24.5 Å². The summed E-state index contributed by atoms with van der Waals surface area (Å²) in [5, 5.41) is 0.915. The van der Waals surface area contributed by atoms with E-state index in [0.29, 0.717) is 37.6 Å². The van der Waals surface area contributed by atoms with Crippen molar-refractivity contribution in [1.82, 2.24) is 9.47 Å². The van der Waals surface area contributed by atoms with E-state index in [2.05, 4.69) is 0 Å². The zero-order valence-electron chi connectivity index (χ0n) is 13.4. The summed E-state index contributed by atoms with van der Waals surface area (Å²) >= 11 is 0. The van der Waals surface area contributed by atoms with E-state index in [1.165, 1.54) is 4.57 Å². The Morgan fingerprint density at radius 1 is 1.30 bits per heavy atom. The summed E-state index contributed by atoms with van der Waals surface area (Å²) in [5.41, 5.74) is 1.35. The van der Waals surface area contributed by atoms with Crippen molar-refractivity contribution in [2.24, 2.45) is 0 Å². The molecule has 0 unspecified atom stereocenters. The molecular formula is C17H20N2O4. The first-order valence-electron chi connectivity index (χ1n) is 7.64. The van der Waals surface area contributed by atoms with Gasteiger partial charge in [0.25, 0.3) is 5.56 Å². The van der Waals surface area contributed by atoms with Crippen LogP contribution in [0.15, 0.2) is 29.1 Å². The smallest absolute Gasteiger partial charge is 0.251 e. The number of para-hydroxylation sites is 1. The minimum absolute atomic E-state index is 0.00991. The molecule has 23 heavy (non-hydrogen) atoms. The number of aromatic nitrogens is 1. The first kappa shape index (κ1) is 15.6. The van der Waals surface area contributed by atoms with Gasteiger partial charge in [-0.3, -0.25) is 14.2 Å². The minimum Gasteiger partial charge on any atom is -0.495 e. The maximum absolute atomic E-state index is 12.5. The number of hydrogen-bond acceptors (Lipinski definition) is 4. The average Bonchev–Trinajstić information content (AvgIpc) is 2.58. The predicted molar refractivity (Wildman–Crippen MR) is 86.9 cm³/mol. The Hall–Kier alpha value is -2.34. The Morgan fingerprint density at radius 2 is 2.04 bits per heavy atom. The van der Waals surface area contributed by atoms with Gasteiger partial charge in [0.15, 0.2) is 0 Å². The molecule has 1 aromatic heterocycles. The number of amides is 1. The van der Waals surface area contributed by atoms with Crippen LogP contribution in [-0.2, 0) is 16.1 Å². The number of fused-ring (bicyclic) bond motifs is 1. The molecule has 0 aliphatic carbocycles. The number of ether oxygens (including phenoxy) is 2. The summed E-state index contributed by atoms with van der Waals surface area (Å²) in [7, 11) is 1.57. The fraction of sp³-hybridized carbons (Fsp3) is 0.412. The van der Waals surface area contributed by atoms with Crippen LogP contribution >= 0.6 is 0 Å². The number of benzene rings is 1. The molecule has 1 amide bonds. The third kappa shape index (κ3) is 2.94. The SMILES string of the molecule is COc1cccc2c(C)cc(=O)n(CC(=O)N3CCOCC3)c12. The van der Waals surface area contributed by atoms with Crippen LogP contribution in [-0.4, -0.2) is 48.8 Å². The zero-order chi connectivity index (χ0) is 16.4. The number of hydrogen-bond donors (Lipinski definition) is 0. The van der Waals surface area contributed by atoms with Crippen molar-refractivity contribution in [3.63, 3.8) is 0 Å². The van der Waals surface area contributed by atoms with Crippen LogP contribution in [0.2, 0.25) is 0 Å². The number of pyridine rings is 1. The van der Waals surface area contributed by atoms with E-state index in [9.17, 15) is 9.59 Å². The van der Waals surface area contributed by atoms with E-state index >= 15 is 0 Å². The molecule has 0 radical (unpaired) electrons. The number of carbonyl (C=O) groups is 1. The van der Waals surface area contributed by atoms with Gasteiger partial charge in [0.2, 0.25) is 5.91 Å². The first-order valence-corrected chi connectivity index (χ1v) is 7.64. The molecule has 122 valence electrons. The molecule has 0 spiro atoms. The lowest BCUT2D eigenvalue weighted by molar-refractivity contribution is -0.135. The van der Waals surface area contributed by atoms with E-state index in [0.717, 1.165) is 10.9 Å². The molecule has 0 N–H and O–H groups in total. The van der Waals surface area contributed by atoms with Crippen LogP contribution in [0.4, 0.5) is 0 Å². The lowest BCUT2D eigenvalue weighted by atomic mass is 10.1. The van der Waals surface area contributed by atoms with E-state index in [4.69, 9.17) is 9.47 Å². The normalized spacial score (nSPS) is 15.0. The topological polar surface area (TPSA) is 60.8 Å². The van der Waals surface area contributed by atoms with Crippen molar-refractivity contribution < 1.29 is 14.3 Å². The summed E-state index contributed by atoms with van der Waals surface area (Å²) < 4.78 is 12.2. The molecule has 0 atom stereocenters. The standard InChI is InChI=1S/C17H20N2O4/c1-12-10-15(20)19(11-16(21)18-6-8-23-9-7-18)17-13(12)4-3-5-14(17)22-2/h3-5,10H,6-9,11H2,1-2H3. The summed E-state index contributed by atoms with van der Waals surface area (Å²) in [6.45, 7) is 4.10. The maximum Gasteiger partial charge on any atom is 0.251 e. The second kappa shape index (κ2) is 6.42. The Morgan fingerprint density at radius 3 is 2.74 bits per heavy atom. The van der Waals surface area contributed by atoms with E-state index in [-0.39, 0.29) is 18.0 Å². The molecule has 0 bridgehead atoms. The number of aryl methyl sites for hydroxylation is 1. The highest BCUT2D eigenvalue weighted by atomic mass is 16.5. The van der Waals surface area contributed by atoms with Crippen LogP contribution < -0.4 is 10.3 Å². The highest BCUT2D eigenvalue weighted by Gasteiger charge is 2.20.